The molecule has 1 unspecified atom stereocenters. The number of amides is 1. The maximum Gasteiger partial charge on any atom is 0.252 e. The number of carbonyl (C=O) groups is 1. The zero-order valence-electron chi connectivity index (χ0n) is 4.83. The van der Waals surface area contributed by atoms with Crippen LogP contribution in [-0.4, -0.2) is 11.0 Å². The molecule has 50 valence electrons. The van der Waals surface area contributed by atoms with E-state index in [1.807, 2.05) is 0 Å². The second kappa shape index (κ2) is 2.14. The molecule has 0 aromatic rings. The van der Waals surface area contributed by atoms with E-state index in [-0.39, 0.29) is 5.91 Å². The molecule has 5 heteroatoms. The van der Waals surface area contributed by atoms with Crippen molar-refractivity contribution in [1.29, 1.82) is 0 Å². The summed E-state index contributed by atoms with van der Waals surface area (Å²) in [6.45, 7) is 1.31. The van der Waals surface area contributed by atoms with Gasteiger partial charge in [0.2, 0.25) is 0 Å². The van der Waals surface area contributed by atoms with Crippen molar-refractivity contribution < 1.29 is 15.0 Å². The van der Waals surface area contributed by atoms with Gasteiger partial charge in [-0.3, -0.25) is 4.79 Å². The minimum absolute atomic E-state index is 0.308. The second-order valence-electron chi connectivity index (χ2n) is 1.57. The summed E-state index contributed by atoms with van der Waals surface area (Å²) in [5.74, 6) is -0.308. The Labute approximate surface area is 51.6 Å². The molecule has 0 spiro atoms. The van der Waals surface area contributed by atoms with Crippen LogP contribution in [0.2, 0.25) is 0 Å². The molecule has 1 atom stereocenters. The molecule has 5 nitrogen and oxygen atoms in total. The fourth-order valence-corrected chi connectivity index (χ4v) is 0.456. The molecule has 1 amide bonds. The highest BCUT2D eigenvalue weighted by atomic mass is 17.0. The van der Waals surface area contributed by atoms with E-state index in [2.05, 4.69) is 4.94 Å². The minimum atomic E-state index is -0.509. The predicted molar refractivity (Wildman–Crippen MR) is 27.1 cm³/mol. The van der Waals surface area contributed by atoms with E-state index in [4.69, 9.17) is 0 Å². The highest BCUT2D eigenvalue weighted by Crippen LogP contribution is 1.90. The molecule has 1 aliphatic heterocycles. The highest BCUT2D eigenvalue weighted by molar-refractivity contribution is 5.73. The van der Waals surface area contributed by atoms with Crippen LogP contribution in [0.4, 0.5) is 0 Å². The molecule has 1 rings (SSSR count). The van der Waals surface area contributed by atoms with Gasteiger partial charge in [-0.05, 0) is 0 Å². The monoisotopic (exact) mass is 130 g/mol. The second-order valence-corrected chi connectivity index (χ2v) is 1.57. The first-order valence-corrected chi connectivity index (χ1v) is 2.40. The van der Waals surface area contributed by atoms with Crippen LogP contribution in [0.25, 0.3) is 0 Å². The lowest BCUT2D eigenvalue weighted by Crippen LogP contribution is -3.00. The van der Waals surface area contributed by atoms with Crippen molar-refractivity contribution in [2.75, 3.05) is 0 Å². The predicted octanol–water partition coefficient (Wildman–Crippen LogP) is -1.45. The first-order valence-electron chi connectivity index (χ1n) is 2.40. The average molecular weight is 130 g/mol. The molecule has 1 N–H and O–H groups in total. The topological polar surface area (TPSA) is 57.0 Å². The molecular formula is C4H6N2O3. The van der Waals surface area contributed by atoms with Gasteiger partial charge in [0.1, 0.15) is 6.20 Å². The van der Waals surface area contributed by atoms with Gasteiger partial charge in [-0.1, -0.05) is 4.94 Å². The molecular weight excluding hydrogens is 124 g/mol. The largest absolute Gasteiger partial charge is 0.593 e. The summed E-state index contributed by atoms with van der Waals surface area (Å²) in [5.41, 5.74) is 0. The normalized spacial score (nSPS) is 25.1. The number of quaternary nitrogens is 1. The molecule has 0 bridgehead atoms. The van der Waals surface area contributed by atoms with Crippen LogP contribution in [-0.2, 0) is 9.73 Å². The van der Waals surface area contributed by atoms with Crippen LogP contribution in [0.1, 0.15) is 6.92 Å². The first kappa shape index (κ1) is 6.21. The number of rotatable bonds is 0. The van der Waals surface area contributed by atoms with E-state index in [0.717, 1.165) is 5.06 Å². The summed E-state index contributed by atoms with van der Waals surface area (Å²) in [4.78, 5) is 14.7. The summed E-state index contributed by atoms with van der Waals surface area (Å²) in [6.07, 6.45) is 2.46. The van der Waals surface area contributed by atoms with E-state index in [0.29, 0.717) is 0 Å². The van der Waals surface area contributed by atoms with Crippen molar-refractivity contribution in [3.05, 3.63) is 17.6 Å². The molecule has 0 aromatic carbocycles. The molecule has 0 fully saturated rings. The SMILES string of the molecule is CC(=O)N1C=C[NH+]([O-])O1. The molecule has 0 saturated heterocycles. The number of hydrogen-bond donors (Lipinski definition) is 1. The van der Waals surface area contributed by atoms with Crippen LogP contribution in [0.15, 0.2) is 12.4 Å². The molecule has 0 saturated carbocycles. The maximum atomic E-state index is 10.4. The minimum Gasteiger partial charge on any atom is -0.593 e. The summed E-state index contributed by atoms with van der Waals surface area (Å²) in [6, 6.07) is 0. The Balaban J connectivity index is 2.50. The van der Waals surface area contributed by atoms with Gasteiger partial charge in [-0.25, -0.2) is 0 Å². The third kappa shape index (κ3) is 1.26. The van der Waals surface area contributed by atoms with Gasteiger partial charge >= 0.3 is 0 Å². The van der Waals surface area contributed by atoms with Crippen molar-refractivity contribution in [3.8, 4) is 0 Å². The van der Waals surface area contributed by atoms with Gasteiger partial charge in [0.05, 0.1) is 6.20 Å². The van der Waals surface area contributed by atoms with Crippen LogP contribution in [0.3, 0.4) is 0 Å². The molecule has 9 heavy (non-hydrogen) atoms. The standard InChI is InChI=1S/C4H6N2O3/c1-4(7)5-2-3-6(8)9-5/h2-3,6H,1H3. The van der Waals surface area contributed by atoms with Crippen molar-refractivity contribution >= 4 is 5.91 Å². The average Bonchev–Trinajstić information content (AvgIpc) is 2.14. The van der Waals surface area contributed by atoms with Gasteiger partial charge in [-0.15, -0.1) is 5.06 Å². The Morgan fingerprint density at radius 3 is 2.78 bits per heavy atom. The Bertz CT molecular complexity index is 156. The van der Waals surface area contributed by atoms with Gasteiger partial charge in [-0.2, -0.15) is 5.23 Å². The summed E-state index contributed by atoms with van der Waals surface area (Å²) in [7, 11) is 0. The number of hydroxylamine groups is 4. The van der Waals surface area contributed by atoms with E-state index in [1.54, 1.807) is 0 Å². The summed E-state index contributed by atoms with van der Waals surface area (Å²) < 4.78 is 0. The van der Waals surface area contributed by atoms with Crippen LogP contribution in [0.5, 0.6) is 0 Å². The molecule has 0 radical (unpaired) electrons. The summed E-state index contributed by atoms with van der Waals surface area (Å²) >= 11 is 0. The fourth-order valence-electron chi connectivity index (χ4n) is 0.456. The van der Waals surface area contributed by atoms with Crippen LogP contribution >= 0.6 is 0 Å². The van der Waals surface area contributed by atoms with E-state index in [1.165, 1.54) is 19.3 Å². The lowest BCUT2D eigenvalue weighted by molar-refractivity contribution is -1.02. The maximum absolute atomic E-state index is 10.4. The first-order chi connectivity index (χ1) is 4.20. The number of nitrogens with zero attached hydrogens (tertiary/aromatic N) is 1. The number of carbonyl (C=O) groups excluding carboxylic acids is 1. The lowest BCUT2D eigenvalue weighted by atomic mass is 10.7. The zero-order valence-corrected chi connectivity index (χ0v) is 4.83. The van der Waals surface area contributed by atoms with Crippen molar-refractivity contribution in [2.24, 2.45) is 0 Å². The molecule has 1 heterocycles. The Kier molecular flexibility index (Phi) is 1.48. The highest BCUT2D eigenvalue weighted by Gasteiger charge is 2.15. The fraction of sp³-hybridized carbons (Fsp3) is 0.250. The molecule has 0 aliphatic carbocycles. The van der Waals surface area contributed by atoms with Crippen molar-refractivity contribution in [2.45, 2.75) is 6.92 Å². The van der Waals surface area contributed by atoms with Crippen LogP contribution in [0, 0.1) is 5.21 Å². The van der Waals surface area contributed by atoms with Crippen molar-refractivity contribution in [1.82, 2.24) is 5.06 Å². The van der Waals surface area contributed by atoms with E-state index < -0.39 is 5.23 Å². The summed E-state index contributed by atoms with van der Waals surface area (Å²) in [5, 5.41) is 10.6. The lowest BCUT2D eigenvalue weighted by Gasteiger charge is -2.11. The van der Waals surface area contributed by atoms with Gasteiger partial charge in [0.25, 0.3) is 5.91 Å². The van der Waals surface area contributed by atoms with Gasteiger partial charge in [0.15, 0.2) is 0 Å². The third-order valence-electron chi connectivity index (χ3n) is 0.845. The Morgan fingerprint density at radius 1 is 1.89 bits per heavy atom. The van der Waals surface area contributed by atoms with Crippen LogP contribution < -0.4 is 5.23 Å². The quantitative estimate of drug-likeness (QED) is 0.408. The smallest absolute Gasteiger partial charge is 0.252 e. The Hall–Kier alpha value is -0.910. The zero-order chi connectivity index (χ0) is 6.85. The van der Waals surface area contributed by atoms with Crippen molar-refractivity contribution in [3.63, 3.8) is 0 Å². The molecule has 0 aromatic heterocycles. The Morgan fingerprint density at radius 2 is 2.56 bits per heavy atom. The van der Waals surface area contributed by atoms with E-state index >= 15 is 0 Å². The van der Waals surface area contributed by atoms with Gasteiger partial charge in [0, 0.05) is 6.92 Å². The number of nitrogens with one attached hydrogen (secondary N) is 1. The van der Waals surface area contributed by atoms with Gasteiger partial charge < -0.3 is 5.21 Å². The molecule has 1 aliphatic rings. The van der Waals surface area contributed by atoms with E-state index in [9.17, 15) is 10.0 Å². The number of hydrogen-bond acceptors (Lipinski definition) is 3. The third-order valence-corrected chi connectivity index (χ3v) is 0.845.